The largest absolute Gasteiger partial charge is 0.355 e. The van der Waals surface area contributed by atoms with E-state index in [4.69, 9.17) is 0 Å². The van der Waals surface area contributed by atoms with Gasteiger partial charge < -0.3 is 5.32 Å². The summed E-state index contributed by atoms with van der Waals surface area (Å²) in [7, 11) is -3.53. The van der Waals surface area contributed by atoms with Crippen molar-refractivity contribution < 1.29 is 13.2 Å². The van der Waals surface area contributed by atoms with Crippen LogP contribution in [-0.4, -0.2) is 27.4 Å². The zero-order chi connectivity index (χ0) is 17.4. The van der Waals surface area contributed by atoms with Crippen LogP contribution < -0.4 is 10.0 Å². The highest BCUT2D eigenvalue weighted by molar-refractivity contribution is 7.89. The SMILES string of the molecule is Cc1ccc(S(=O)(=O)NCCNC(=O)CCc2ccccc2)cc1. The minimum atomic E-state index is -3.53. The Morgan fingerprint density at radius 2 is 1.62 bits per heavy atom. The molecule has 128 valence electrons. The van der Waals surface area contributed by atoms with Crippen molar-refractivity contribution in [3.63, 3.8) is 0 Å². The molecule has 0 aromatic heterocycles. The highest BCUT2D eigenvalue weighted by atomic mass is 32.2. The number of hydrogen-bond donors (Lipinski definition) is 2. The van der Waals surface area contributed by atoms with Crippen molar-refractivity contribution in [1.82, 2.24) is 10.0 Å². The molecule has 0 bridgehead atoms. The van der Waals surface area contributed by atoms with Crippen LogP contribution in [0.3, 0.4) is 0 Å². The average molecular weight is 346 g/mol. The summed E-state index contributed by atoms with van der Waals surface area (Å²) < 4.78 is 26.6. The number of aryl methyl sites for hydroxylation is 2. The molecule has 2 rings (SSSR count). The predicted molar refractivity (Wildman–Crippen MR) is 94.1 cm³/mol. The zero-order valence-corrected chi connectivity index (χ0v) is 14.5. The third-order valence-electron chi connectivity index (χ3n) is 3.55. The maximum absolute atomic E-state index is 12.1. The Bertz CT molecular complexity index is 757. The Hall–Kier alpha value is -2.18. The first-order valence-corrected chi connectivity index (χ1v) is 9.33. The van der Waals surface area contributed by atoms with Crippen LogP contribution in [0.5, 0.6) is 0 Å². The third-order valence-corrected chi connectivity index (χ3v) is 5.03. The molecule has 0 aliphatic carbocycles. The zero-order valence-electron chi connectivity index (χ0n) is 13.7. The first-order valence-electron chi connectivity index (χ1n) is 7.84. The maximum atomic E-state index is 12.1. The Balaban J connectivity index is 1.70. The van der Waals surface area contributed by atoms with E-state index in [0.717, 1.165) is 11.1 Å². The molecule has 2 aromatic rings. The van der Waals surface area contributed by atoms with E-state index >= 15 is 0 Å². The summed E-state index contributed by atoms with van der Waals surface area (Å²) in [6.07, 6.45) is 1.05. The summed E-state index contributed by atoms with van der Waals surface area (Å²) in [4.78, 5) is 12.0. The monoisotopic (exact) mass is 346 g/mol. The fourth-order valence-electron chi connectivity index (χ4n) is 2.18. The number of amides is 1. The van der Waals surface area contributed by atoms with E-state index < -0.39 is 10.0 Å². The molecule has 0 aliphatic rings. The van der Waals surface area contributed by atoms with Gasteiger partial charge in [-0.3, -0.25) is 4.79 Å². The molecule has 0 aliphatic heterocycles. The fraction of sp³-hybridized carbons (Fsp3) is 0.278. The van der Waals surface area contributed by atoms with E-state index in [2.05, 4.69) is 10.0 Å². The second kappa shape index (κ2) is 8.61. The van der Waals surface area contributed by atoms with Gasteiger partial charge in [-0.25, -0.2) is 13.1 Å². The molecule has 2 N–H and O–H groups in total. The maximum Gasteiger partial charge on any atom is 0.240 e. The van der Waals surface area contributed by atoms with Crippen LogP contribution in [0.2, 0.25) is 0 Å². The van der Waals surface area contributed by atoms with Gasteiger partial charge in [0, 0.05) is 19.5 Å². The van der Waals surface area contributed by atoms with Gasteiger partial charge >= 0.3 is 0 Å². The van der Waals surface area contributed by atoms with Crippen LogP contribution in [0, 0.1) is 6.92 Å². The van der Waals surface area contributed by atoms with Crippen LogP contribution in [0.15, 0.2) is 59.5 Å². The Kier molecular flexibility index (Phi) is 6.52. The number of hydrogen-bond acceptors (Lipinski definition) is 3. The van der Waals surface area contributed by atoms with Gasteiger partial charge in [-0.2, -0.15) is 0 Å². The van der Waals surface area contributed by atoms with Gasteiger partial charge in [-0.05, 0) is 31.0 Å². The molecule has 0 saturated heterocycles. The molecular weight excluding hydrogens is 324 g/mol. The quantitative estimate of drug-likeness (QED) is 0.718. The summed E-state index contributed by atoms with van der Waals surface area (Å²) in [5, 5.41) is 2.72. The third kappa shape index (κ3) is 5.79. The standard InChI is InChI=1S/C18H22N2O3S/c1-15-7-10-17(11-8-15)24(22,23)20-14-13-19-18(21)12-9-16-5-3-2-4-6-16/h2-8,10-11,20H,9,12-14H2,1H3,(H,19,21). The van der Waals surface area contributed by atoms with Crippen LogP contribution >= 0.6 is 0 Å². The molecule has 2 aromatic carbocycles. The highest BCUT2D eigenvalue weighted by Gasteiger charge is 2.12. The number of carbonyl (C=O) groups is 1. The molecule has 0 heterocycles. The smallest absolute Gasteiger partial charge is 0.240 e. The van der Waals surface area contributed by atoms with Crippen LogP contribution in [0.4, 0.5) is 0 Å². The predicted octanol–water partition coefficient (Wildman–Crippen LogP) is 2.02. The van der Waals surface area contributed by atoms with Gasteiger partial charge in [0.15, 0.2) is 0 Å². The average Bonchev–Trinajstić information content (AvgIpc) is 2.58. The Morgan fingerprint density at radius 3 is 2.29 bits per heavy atom. The number of benzene rings is 2. The summed E-state index contributed by atoms with van der Waals surface area (Å²) in [6, 6.07) is 16.4. The second-order valence-corrected chi connectivity index (χ2v) is 7.31. The van der Waals surface area contributed by atoms with Crippen molar-refractivity contribution >= 4 is 15.9 Å². The first-order chi connectivity index (χ1) is 11.5. The van der Waals surface area contributed by atoms with Gasteiger partial charge in [0.05, 0.1) is 4.90 Å². The van der Waals surface area contributed by atoms with Gasteiger partial charge in [0.1, 0.15) is 0 Å². The van der Waals surface area contributed by atoms with Gasteiger partial charge in [0.25, 0.3) is 0 Å². The molecule has 6 heteroatoms. The van der Waals surface area contributed by atoms with Crippen molar-refractivity contribution in [2.24, 2.45) is 0 Å². The molecule has 0 saturated carbocycles. The molecule has 0 unspecified atom stereocenters. The lowest BCUT2D eigenvalue weighted by atomic mass is 10.1. The van der Waals surface area contributed by atoms with Crippen molar-refractivity contribution in [2.45, 2.75) is 24.7 Å². The molecular formula is C18H22N2O3S. The summed E-state index contributed by atoms with van der Waals surface area (Å²) in [5.41, 5.74) is 2.10. The molecule has 0 fully saturated rings. The summed E-state index contributed by atoms with van der Waals surface area (Å²) in [6.45, 7) is 2.32. The van der Waals surface area contributed by atoms with Crippen molar-refractivity contribution in [1.29, 1.82) is 0 Å². The topological polar surface area (TPSA) is 75.3 Å². The van der Waals surface area contributed by atoms with Crippen molar-refractivity contribution in [3.8, 4) is 0 Å². The van der Waals surface area contributed by atoms with Crippen LogP contribution in [0.25, 0.3) is 0 Å². The Labute approximate surface area is 143 Å². The van der Waals surface area contributed by atoms with E-state index in [1.807, 2.05) is 37.3 Å². The Morgan fingerprint density at radius 1 is 0.958 bits per heavy atom. The van der Waals surface area contributed by atoms with Crippen molar-refractivity contribution in [2.75, 3.05) is 13.1 Å². The number of nitrogens with one attached hydrogen (secondary N) is 2. The summed E-state index contributed by atoms with van der Waals surface area (Å²) in [5.74, 6) is -0.0895. The van der Waals surface area contributed by atoms with E-state index in [1.54, 1.807) is 24.3 Å². The molecule has 24 heavy (non-hydrogen) atoms. The van der Waals surface area contributed by atoms with Gasteiger partial charge in [-0.1, -0.05) is 48.0 Å². The molecule has 5 nitrogen and oxygen atoms in total. The number of rotatable bonds is 8. The number of carbonyl (C=O) groups excluding carboxylic acids is 1. The lowest BCUT2D eigenvalue weighted by Crippen LogP contribution is -2.34. The highest BCUT2D eigenvalue weighted by Crippen LogP contribution is 2.09. The van der Waals surface area contributed by atoms with E-state index in [1.165, 1.54) is 0 Å². The summed E-state index contributed by atoms with van der Waals surface area (Å²) >= 11 is 0. The van der Waals surface area contributed by atoms with E-state index in [-0.39, 0.29) is 23.9 Å². The molecule has 1 amide bonds. The van der Waals surface area contributed by atoms with Gasteiger partial charge in [0.2, 0.25) is 15.9 Å². The molecule has 0 spiro atoms. The normalized spacial score (nSPS) is 11.2. The van der Waals surface area contributed by atoms with Crippen LogP contribution in [-0.2, 0) is 21.2 Å². The van der Waals surface area contributed by atoms with Crippen LogP contribution in [0.1, 0.15) is 17.5 Å². The molecule has 0 radical (unpaired) electrons. The lowest BCUT2D eigenvalue weighted by molar-refractivity contribution is -0.121. The number of sulfonamides is 1. The first kappa shape index (κ1) is 18.2. The van der Waals surface area contributed by atoms with Crippen molar-refractivity contribution in [3.05, 3.63) is 65.7 Å². The van der Waals surface area contributed by atoms with Gasteiger partial charge in [-0.15, -0.1) is 0 Å². The fourth-order valence-corrected chi connectivity index (χ4v) is 3.21. The van der Waals surface area contributed by atoms with E-state index in [0.29, 0.717) is 12.8 Å². The molecule has 0 atom stereocenters. The minimum absolute atomic E-state index is 0.0895. The second-order valence-electron chi connectivity index (χ2n) is 5.55. The lowest BCUT2D eigenvalue weighted by Gasteiger charge is -2.08. The minimum Gasteiger partial charge on any atom is -0.355 e. The van der Waals surface area contributed by atoms with E-state index in [9.17, 15) is 13.2 Å².